The van der Waals surface area contributed by atoms with Gasteiger partial charge in [-0.15, -0.1) is 0 Å². The van der Waals surface area contributed by atoms with Gasteiger partial charge in [0.05, 0.1) is 6.33 Å². The number of rotatable bonds is 6. The molecule has 2 heterocycles. The number of aryl methyl sites for hydroxylation is 1. The molecular weight excluding hydrogens is 212 g/mol. The highest BCUT2D eigenvalue weighted by atomic mass is 15.1. The van der Waals surface area contributed by atoms with Crippen LogP contribution in [0.15, 0.2) is 18.7 Å². The highest BCUT2D eigenvalue weighted by molar-refractivity contribution is 4.74. The molecule has 0 amide bonds. The Bertz CT molecular complexity index is 290. The first-order valence-electron chi connectivity index (χ1n) is 6.69. The lowest BCUT2D eigenvalue weighted by Crippen LogP contribution is -2.35. The van der Waals surface area contributed by atoms with Gasteiger partial charge < -0.3 is 14.8 Å². The number of hydrogen-bond acceptors (Lipinski definition) is 3. The lowest BCUT2D eigenvalue weighted by atomic mass is 9.98. The van der Waals surface area contributed by atoms with Crippen LogP contribution < -0.4 is 5.32 Å². The van der Waals surface area contributed by atoms with Crippen LogP contribution in [0.3, 0.4) is 0 Å². The van der Waals surface area contributed by atoms with Crippen molar-refractivity contribution in [2.75, 3.05) is 33.2 Å². The van der Waals surface area contributed by atoms with Crippen LogP contribution in [-0.2, 0) is 6.54 Å². The topological polar surface area (TPSA) is 33.1 Å². The Morgan fingerprint density at radius 2 is 2.24 bits per heavy atom. The maximum Gasteiger partial charge on any atom is 0.0945 e. The summed E-state index contributed by atoms with van der Waals surface area (Å²) in [5.74, 6) is 0.898. The minimum Gasteiger partial charge on any atom is -0.337 e. The third-order valence-electron chi connectivity index (χ3n) is 3.54. The van der Waals surface area contributed by atoms with Gasteiger partial charge in [0, 0.05) is 25.5 Å². The quantitative estimate of drug-likeness (QED) is 0.806. The average Bonchev–Trinajstić information content (AvgIpc) is 2.83. The average molecular weight is 236 g/mol. The summed E-state index contributed by atoms with van der Waals surface area (Å²) in [4.78, 5) is 6.54. The number of nitrogens with zero attached hydrogens (tertiary/aromatic N) is 3. The Morgan fingerprint density at radius 3 is 2.94 bits per heavy atom. The fourth-order valence-electron chi connectivity index (χ4n) is 2.54. The van der Waals surface area contributed by atoms with E-state index in [1.165, 1.54) is 45.4 Å². The van der Waals surface area contributed by atoms with Gasteiger partial charge in [-0.3, -0.25) is 0 Å². The monoisotopic (exact) mass is 236 g/mol. The molecule has 1 saturated heterocycles. The Hall–Kier alpha value is -0.870. The van der Waals surface area contributed by atoms with Crippen LogP contribution in [0, 0.1) is 5.92 Å². The third-order valence-corrected chi connectivity index (χ3v) is 3.54. The molecule has 0 aliphatic carbocycles. The highest BCUT2D eigenvalue weighted by Crippen LogP contribution is 2.12. The molecule has 96 valence electrons. The normalized spacial score (nSPS) is 17.8. The number of nitrogens with one attached hydrogen (secondary N) is 1. The predicted octanol–water partition coefficient (Wildman–Crippen LogP) is 1.20. The summed E-state index contributed by atoms with van der Waals surface area (Å²) in [6.07, 6.45) is 9.66. The molecule has 4 heteroatoms. The van der Waals surface area contributed by atoms with Crippen molar-refractivity contribution in [2.45, 2.75) is 25.8 Å². The van der Waals surface area contributed by atoms with E-state index in [2.05, 4.69) is 26.8 Å². The van der Waals surface area contributed by atoms with Crippen LogP contribution in [0.1, 0.15) is 19.3 Å². The molecule has 1 aliphatic rings. The standard InChI is InChI=1S/C13H24N4/c1-16(11-13-3-5-14-6-4-13)8-2-9-17-10-7-15-12-17/h7,10,12-14H,2-6,8-9,11H2,1H3. The Kier molecular flexibility index (Phi) is 5.01. The number of aromatic nitrogens is 2. The largest absolute Gasteiger partial charge is 0.337 e. The van der Waals surface area contributed by atoms with E-state index in [1.54, 1.807) is 0 Å². The molecule has 0 bridgehead atoms. The molecule has 1 aromatic heterocycles. The molecule has 2 rings (SSSR count). The lowest BCUT2D eigenvalue weighted by molar-refractivity contribution is 0.235. The summed E-state index contributed by atoms with van der Waals surface area (Å²) in [5, 5.41) is 3.42. The van der Waals surface area contributed by atoms with Gasteiger partial charge in [-0.1, -0.05) is 0 Å². The molecule has 1 aromatic rings. The lowest BCUT2D eigenvalue weighted by Gasteiger charge is -2.27. The van der Waals surface area contributed by atoms with Crippen molar-refractivity contribution in [3.05, 3.63) is 18.7 Å². The fourth-order valence-corrected chi connectivity index (χ4v) is 2.54. The Morgan fingerprint density at radius 1 is 1.41 bits per heavy atom. The molecule has 4 nitrogen and oxygen atoms in total. The first-order valence-corrected chi connectivity index (χ1v) is 6.69. The van der Waals surface area contributed by atoms with Crippen molar-refractivity contribution in [3.63, 3.8) is 0 Å². The Labute approximate surface area is 104 Å². The predicted molar refractivity (Wildman–Crippen MR) is 69.9 cm³/mol. The van der Waals surface area contributed by atoms with Crippen molar-refractivity contribution in [1.82, 2.24) is 19.8 Å². The van der Waals surface area contributed by atoms with Crippen LogP contribution in [0.5, 0.6) is 0 Å². The van der Waals surface area contributed by atoms with Crippen LogP contribution in [-0.4, -0.2) is 47.7 Å². The van der Waals surface area contributed by atoms with Crippen molar-refractivity contribution in [2.24, 2.45) is 5.92 Å². The minimum absolute atomic E-state index is 0.898. The van der Waals surface area contributed by atoms with E-state index < -0.39 is 0 Å². The van der Waals surface area contributed by atoms with Gasteiger partial charge in [0.1, 0.15) is 0 Å². The molecule has 17 heavy (non-hydrogen) atoms. The maximum absolute atomic E-state index is 4.06. The maximum atomic E-state index is 4.06. The van der Waals surface area contributed by atoms with Crippen molar-refractivity contribution >= 4 is 0 Å². The molecule has 0 saturated carbocycles. The molecule has 0 aromatic carbocycles. The van der Waals surface area contributed by atoms with Crippen molar-refractivity contribution in [3.8, 4) is 0 Å². The van der Waals surface area contributed by atoms with E-state index in [9.17, 15) is 0 Å². The van der Waals surface area contributed by atoms with Crippen LogP contribution >= 0.6 is 0 Å². The van der Waals surface area contributed by atoms with Gasteiger partial charge in [0.25, 0.3) is 0 Å². The summed E-state index contributed by atoms with van der Waals surface area (Å²) >= 11 is 0. The Balaban J connectivity index is 1.58. The summed E-state index contributed by atoms with van der Waals surface area (Å²) < 4.78 is 2.15. The summed E-state index contributed by atoms with van der Waals surface area (Å²) in [6, 6.07) is 0. The smallest absolute Gasteiger partial charge is 0.0945 e. The van der Waals surface area contributed by atoms with Gasteiger partial charge in [0.15, 0.2) is 0 Å². The summed E-state index contributed by atoms with van der Waals surface area (Å²) in [6.45, 7) is 5.92. The van der Waals surface area contributed by atoms with E-state index in [-0.39, 0.29) is 0 Å². The van der Waals surface area contributed by atoms with E-state index in [1.807, 2.05) is 18.7 Å². The molecule has 0 unspecified atom stereocenters. The minimum atomic E-state index is 0.898. The van der Waals surface area contributed by atoms with Gasteiger partial charge in [-0.05, 0) is 51.9 Å². The van der Waals surface area contributed by atoms with Gasteiger partial charge in [0.2, 0.25) is 0 Å². The highest BCUT2D eigenvalue weighted by Gasteiger charge is 2.14. The first-order chi connectivity index (χ1) is 8.34. The number of imidazole rings is 1. The van der Waals surface area contributed by atoms with Crippen LogP contribution in [0.25, 0.3) is 0 Å². The molecule has 1 aliphatic heterocycles. The van der Waals surface area contributed by atoms with Gasteiger partial charge in [-0.25, -0.2) is 4.98 Å². The fraction of sp³-hybridized carbons (Fsp3) is 0.769. The number of piperidine rings is 1. The molecule has 0 atom stereocenters. The summed E-state index contributed by atoms with van der Waals surface area (Å²) in [7, 11) is 2.25. The van der Waals surface area contributed by atoms with Gasteiger partial charge in [-0.2, -0.15) is 0 Å². The van der Waals surface area contributed by atoms with E-state index in [0.29, 0.717) is 0 Å². The number of hydrogen-bond donors (Lipinski definition) is 1. The second kappa shape index (κ2) is 6.77. The zero-order chi connectivity index (χ0) is 11.9. The summed E-state index contributed by atoms with van der Waals surface area (Å²) in [5.41, 5.74) is 0. The van der Waals surface area contributed by atoms with E-state index >= 15 is 0 Å². The molecule has 0 radical (unpaired) electrons. The second-order valence-corrected chi connectivity index (χ2v) is 5.11. The first kappa shape index (κ1) is 12.6. The zero-order valence-electron chi connectivity index (χ0n) is 10.8. The van der Waals surface area contributed by atoms with Crippen molar-refractivity contribution < 1.29 is 0 Å². The van der Waals surface area contributed by atoms with Crippen LogP contribution in [0.4, 0.5) is 0 Å². The third kappa shape index (κ3) is 4.48. The second-order valence-electron chi connectivity index (χ2n) is 5.11. The zero-order valence-corrected chi connectivity index (χ0v) is 10.8. The van der Waals surface area contributed by atoms with Crippen molar-refractivity contribution in [1.29, 1.82) is 0 Å². The molecule has 1 fully saturated rings. The molecule has 0 spiro atoms. The van der Waals surface area contributed by atoms with Crippen LogP contribution in [0.2, 0.25) is 0 Å². The van der Waals surface area contributed by atoms with E-state index in [4.69, 9.17) is 0 Å². The molecular formula is C13H24N4. The van der Waals surface area contributed by atoms with Gasteiger partial charge >= 0.3 is 0 Å². The SMILES string of the molecule is CN(CCCn1ccnc1)CC1CCNCC1. The molecule has 1 N–H and O–H groups in total. The van der Waals surface area contributed by atoms with E-state index in [0.717, 1.165) is 12.5 Å².